The minimum atomic E-state index is -0.163. The average Bonchev–Trinajstić information content (AvgIpc) is 3.06. The van der Waals surface area contributed by atoms with Crippen LogP contribution < -0.4 is 5.32 Å². The number of rotatable bonds is 7. The van der Waals surface area contributed by atoms with E-state index in [0.717, 1.165) is 24.3 Å². The van der Waals surface area contributed by atoms with E-state index in [4.69, 9.17) is 4.42 Å². The van der Waals surface area contributed by atoms with Crippen LogP contribution >= 0.6 is 23.1 Å². The molecular formula is C11H15N5O2S2. The highest BCUT2D eigenvalue weighted by molar-refractivity contribution is 7.99. The molecule has 0 aromatic carbocycles. The standard InChI is InChI=1S/C11H15N5O2S2/c1-3-5-8-13-16-11(18-8)19-6-7(17)12-10-15-14-9(4-2)20-10/h3-6H2,1-2H3,(H,12,15,17). The van der Waals surface area contributed by atoms with Gasteiger partial charge >= 0.3 is 0 Å². The Morgan fingerprint density at radius 2 is 2.15 bits per heavy atom. The lowest BCUT2D eigenvalue weighted by molar-refractivity contribution is -0.113. The van der Waals surface area contributed by atoms with Crippen molar-refractivity contribution in [2.75, 3.05) is 11.1 Å². The predicted molar refractivity (Wildman–Crippen MR) is 76.9 cm³/mol. The third kappa shape index (κ3) is 4.27. The molecule has 0 atom stereocenters. The maximum absolute atomic E-state index is 11.7. The molecule has 0 spiro atoms. The van der Waals surface area contributed by atoms with Gasteiger partial charge in [-0.05, 0) is 12.8 Å². The Morgan fingerprint density at radius 1 is 1.30 bits per heavy atom. The van der Waals surface area contributed by atoms with E-state index in [1.165, 1.54) is 23.1 Å². The summed E-state index contributed by atoms with van der Waals surface area (Å²) in [5, 5.41) is 20.1. The van der Waals surface area contributed by atoms with Crippen molar-refractivity contribution >= 4 is 34.1 Å². The maximum Gasteiger partial charge on any atom is 0.277 e. The van der Waals surface area contributed by atoms with Crippen molar-refractivity contribution in [3.8, 4) is 0 Å². The fourth-order valence-electron chi connectivity index (χ4n) is 1.34. The summed E-state index contributed by atoms with van der Waals surface area (Å²) < 4.78 is 5.38. The van der Waals surface area contributed by atoms with Crippen LogP contribution in [0, 0.1) is 0 Å². The number of anilines is 1. The second-order valence-corrected chi connectivity index (χ2v) is 5.89. The first-order valence-corrected chi connectivity index (χ1v) is 8.08. The number of aromatic nitrogens is 4. The Hall–Kier alpha value is -1.48. The second kappa shape index (κ2) is 7.34. The molecule has 0 aliphatic rings. The fourth-order valence-corrected chi connectivity index (χ4v) is 2.62. The lowest BCUT2D eigenvalue weighted by Crippen LogP contribution is -2.13. The van der Waals surface area contributed by atoms with Crippen LogP contribution in [0.3, 0.4) is 0 Å². The van der Waals surface area contributed by atoms with Crippen LogP contribution in [0.1, 0.15) is 31.2 Å². The summed E-state index contributed by atoms with van der Waals surface area (Å²) in [4.78, 5) is 11.7. The van der Waals surface area contributed by atoms with Crippen LogP contribution in [0.2, 0.25) is 0 Å². The second-order valence-electron chi connectivity index (χ2n) is 3.90. The van der Waals surface area contributed by atoms with E-state index < -0.39 is 0 Å². The highest BCUT2D eigenvalue weighted by Crippen LogP contribution is 2.19. The highest BCUT2D eigenvalue weighted by Gasteiger charge is 2.11. The number of nitrogens with one attached hydrogen (secondary N) is 1. The molecule has 0 bridgehead atoms. The average molecular weight is 313 g/mol. The molecular weight excluding hydrogens is 298 g/mol. The zero-order valence-electron chi connectivity index (χ0n) is 11.3. The Morgan fingerprint density at radius 3 is 2.85 bits per heavy atom. The largest absolute Gasteiger partial charge is 0.416 e. The van der Waals surface area contributed by atoms with Crippen LogP contribution in [-0.4, -0.2) is 32.1 Å². The third-order valence-electron chi connectivity index (χ3n) is 2.25. The Bertz CT molecular complexity index is 569. The molecule has 0 saturated carbocycles. The van der Waals surface area contributed by atoms with Crippen molar-refractivity contribution in [1.29, 1.82) is 0 Å². The number of hydrogen-bond acceptors (Lipinski definition) is 8. The molecule has 0 aliphatic heterocycles. The van der Waals surface area contributed by atoms with Crippen molar-refractivity contribution in [1.82, 2.24) is 20.4 Å². The molecule has 7 nitrogen and oxygen atoms in total. The van der Waals surface area contributed by atoms with Gasteiger partial charge in [0.2, 0.25) is 16.9 Å². The Labute approximate surface area is 124 Å². The summed E-state index contributed by atoms with van der Waals surface area (Å²) >= 11 is 2.59. The summed E-state index contributed by atoms with van der Waals surface area (Å²) in [6.07, 6.45) is 2.51. The number of carbonyl (C=O) groups is 1. The zero-order chi connectivity index (χ0) is 14.4. The fraction of sp³-hybridized carbons (Fsp3) is 0.545. The maximum atomic E-state index is 11.7. The Balaban J connectivity index is 1.79. The van der Waals surface area contributed by atoms with E-state index in [0.29, 0.717) is 16.2 Å². The van der Waals surface area contributed by atoms with Gasteiger partial charge in [0, 0.05) is 6.42 Å². The van der Waals surface area contributed by atoms with Gasteiger partial charge in [-0.3, -0.25) is 10.1 Å². The molecule has 0 aliphatic carbocycles. The molecule has 108 valence electrons. The molecule has 0 radical (unpaired) electrons. The molecule has 0 unspecified atom stereocenters. The number of carbonyl (C=O) groups excluding carboxylic acids is 1. The predicted octanol–water partition coefficient (Wildman–Crippen LogP) is 2.17. The van der Waals surface area contributed by atoms with Gasteiger partial charge in [-0.1, -0.05) is 36.9 Å². The van der Waals surface area contributed by atoms with Gasteiger partial charge in [0.15, 0.2) is 0 Å². The smallest absolute Gasteiger partial charge is 0.277 e. The topological polar surface area (TPSA) is 93.8 Å². The van der Waals surface area contributed by atoms with E-state index >= 15 is 0 Å². The summed E-state index contributed by atoms with van der Waals surface area (Å²) in [5.41, 5.74) is 0. The van der Waals surface area contributed by atoms with E-state index in [2.05, 4.69) is 25.7 Å². The number of thioether (sulfide) groups is 1. The zero-order valence-corrected chi connectivity index (χ0v) is 12.9. The van der Waals surface area contributed by atoms with Gasteiger partial charge < -0.3 is 4.42 Å². The molecule has 0 saturated heterocycles. The minimum absolute atomic E-state index is 0.163. The number of hydrogen-bond donors (Lipinski definition) is 1. The van der Waals surface area contributed by atoms with Gasteiger partial charge in [-0.2, -0.15) is 0 Å². The first-order chi connectivity index (χ1) is 9.71. The molecule has 9 heteroatoms. The first kappa shape index (κ1) is 14.9. The van der Waals surface area contributed by atoms with Crippen LogP contribution in [0.4, 0.5) is 5.13 Å². The molecule has 0 fully saturated rings. The Kier molecular flexibility index (Phi) is 5.48. The van der Waals surface area contributed by atoms with Gasteiger partial charge in [0.05, 0.1) is 5.75 Å². The number of nitrogens with zero attached hydrogens (tertiary/aromatic N) is 4. The SMILES string of the molecule is CCCc1nnc(SCC(=O)Nc2nnc(CC)s2)o1. The van der Waals surface area contributed by atoms with Crippen molar-refractivity contribution < 1.29 is 9.21 Å². The molecule has 2 aromatic heterocycles. The van der Waals surface area contributed by atoms with Gasteiger partial charge in [0.25, 0.3) is 5.22 Å². The van der Waals surface area contributed by atoms with Gasteiger partial charge in [-0.15, -0.1) is 20.4 Å². The van der Waals surface area contributed by atoms with Crippen LogP contribution in [-0.2, 0) is 17.6 Å². The normalized spacial score (nSPS) is 10.7. The molecule has 1 N–H and O–H groups in total. The monoisotopic (exact) mass is 313 g/mol. The molecule has 20 heavy (non-hydrogen) atoms. The number of amides is 1. The van der Waals surface area contributed by atoms with Crippen molar-refractivity contribution in [2.45, 2.75) is 38.3 Å². The summed E-state index contributed by atoms with van der Waals surface area (Å²) in [7, 11) is 0. The van der Waals surface area contributed by atoms with Crippen molar-refractivity contribution in [3.05, 3.63) is 10.9 Å². The van der Waals surface area contributed by atoms with Crippen LogP contribution in [0.5, 0.6) is 0 Å². The lowest BCUT2D eigenvalue weighted by atomic mass is 10.3. The van der Waals surface area contributed by atoms with Crippen LogP contribution in [0.25, 0.3) is 0 Å². The van der Waals surface area contributed by atoms with E-state index in [1.807, 2.05) is 13.8 Å². The summed E-state index contributed by atoms with van der Waals surface area (Å²) in [6, 6.07) is 0. The van der Waals surface area contributed by atoms with Crippen molar-refractivity contribution in [2.24, 2.45) is 0 Å². The summed E-state index contributed by atoms with van der Waals surface area (Å²) in [5.74, 6) is 0.644. The van der Waals surface area contributed by atoms with Gasteiger partial charge in [0.1, 0.15) is 5.01 Å². The van der Waals surface area contributed by atoms with Gasteiger partial charge in [-0.25, -0.2) is 0 Å². The van der Waals surface area contributed by atoms with E-state index in [-0.39, 0.29) is 11.7 Å². The molecule has 1 amide bonds. The van der Waals surface area contributed by atoms with E-state index in [9.17, 15) is 4.79 Å². The van der Waals surface area contributed by atoms with Crippen LogP contribution in [0.15, 0.2) is 9.64 Å². The molecule has 2 aromatic rings. The molecule has 2 rings (SSSR count). The third-order valence-corrected chi connectivity index (χ3v) is 4.06. The first-order valence-electron chi connectivity index (χ1n) is 6.28. The number of aryl methyl sites for hydroxylation is 2. The lowest BCUT2D eigenvalue weighted by Gasteiger charge is -1.97. The molecule has 2 heterocycles. The highest BCUT2D eigenvalue weighted by atomic mass is 32.2. The summed E-state index contributed by atoms with van der Waals surface area (Å²) in [6.45, 7) is 4.03. The van der Waals surface area contributed by atoms with E-state index in [1.54, 1.807) is 0 Å². The minimum Gasteiger partial charge on any atom is -0.416 e. The van der Waals surface area contributed by atoms with Crippen molar-refractivity contribution in [3.63, 3.8) is 0 Å². The quantitative estimate of drug-likeness (QED) is 0.783.